The van der Waals surface area contributed by atoms with Crippen LogP contribution in [-0.2, 0) is 0 Å². The van der Waals surface area contributed by atoms with Crippen LogP contribution in [0.15, 0.2) is 66.4 Å². The number of fused-ring (bicyclic) bond motifs is 1. The summed E-state index contributed by atoms with van der Waals surface area (Å²) in [6.07, 6.45) is 1.55. The van der Waals surface area contributed by atoms with Crippen molar-refractivity contribution in [1.29, 1.82) is 0 Å². The van der Waals surface area contributed by atoms with Crippen LogP contribution in [0, 0.1) is 5.21 Å². The van der Waals surface area contributed by atoms with Gasteiger partial charge in [0.25, 0.3) is 0 Å². The lowest BCUT2D eigenvalue weighted by atomic mass is 10.1. The highest BCUT2D eigenvalue weighted by Crippen LogP contribution is 2.37. The Morgan fingerprint density at radius 1 is 1.06 bits per heavy atom. The highest BCUT2D eigenvalue weighted by molar-refractivity contribution is 6.14. The molecule has 1 aliphatic heterocycles. The maximum Gasteiger partial charge on any atom is 0.343 e. The number of hydrogen-bond donors (Lipinski definition) is 2. The third kappa shape index (κ3) is 4.41. The number of para-hydroxylation sites is 1. The molecular weight excluding hydrogens is 430 g/mol. The Balaban J connectivity index is 1.55. The number of carbonyl (C=O) groups is 2. The Morgan fingerprint density at radius 3 is 2.48 bits per heavy atom. The van der Waals surface area contributed by atoms with Gasteiger partial charge in [-0.05, 0) is 36.4 Å². The molecule has 0 aliphatic carbocycles. The molecule has 1 aliphatic rings. The van der Waals surface area contributed by atoms with Gasteiger partial charge in [0.05, 0.1) is 25.3 Å². The van der Waals surface area contributed by atoms with Crippen molar-refractivity contribution >= 4 is 23.5 Å². The van der Waals surface area contributed by atoms with Crippen LogP contribution >= 0.6 is 0 Å². The Bertz CT molecular complexity index is 1250. The van der Waals surface area contributed by atoms with Crippen molar-refractivity contribution in [2.75, 3.05) is 14.2 Å². The number of nitrogens with one attached hydrogen (secondary N) is 1. The van der Waals surface area contributed by atoms with Crippen LogP contribution in [0.5, 0.6) is 23.0 Å². The van der Waals surface area contributed by atoms with Crippen LogP contribution in [0.3, 0.4) is 0 Å². The topological polar surface area (TPSA) is 119 Å². The first-order chi connectivity index (χ1) is 15.9. The molecule has 0 spiro atoms. The minimum atomic E-state index is -1.09. The lowest BCUT2D eigenvalue weighted by Crippen LogP contribution is -2.99. The smallest absolute Gasteiger partial charge is 0.343 e. The Kier molecular flexibility index (Phi) is 6.09. The number of esters is 1. The third-order valence-electron chi connectivity index (χ3n) is 4.94. The Labute approximate surface area is 188 Å². The van der Waals surface area contributed by atoms with E-state index in [4.69, 9.17) is 24.2 Å². The summed E-state index contributed by atoms with van der Waals surface area (Å²) in [6.45, 7) is 0. The van der Waals surface area contributed by atoms with Crippen molar-refractivity contribution in [2.24, 2.45) is 0 Å². The summed E-state index contributed by atoms with van der Waals surface area (Å²) >= 11 is 0. The molecule has 1 heterocycles. The molecule has 0 saturated heterocycles. The molecule has 0 amide bonds. The van der Waals surface area contributed by atoms with Gasteiger partial charge < -0.3 is 24.2 Å². The zero-order valence-corrected chi connectivity index (χ0v) is 17.7. The first-order valence-electron chi connectivity index (χ1n) is 9.76. The molecule has 0 fully saturated rings. The standard InChI is InChI=1S/C24H19NO8/c1-30-19-5-3-4-15(23(19)31-2)12-21-22(26)18-11-10-17(13-20(18)33-21)32-24(27)14-6-8-16(9-7-14)25(28)29/h3-13,25,28H,1-2H3. The summed E-state index contributed by atoms with van der Waals surface area (Å²) in [5.74, 6) is 0.492. The summed E-state index contributed by atoms with van der Waals surface area (Å²) < 4.78 is 21.7. The number of hydrogen-bond acceptors (Lipinski definition) is 8. The van der Waals surface area contributed by atoms with Crippen molar-refractivity contribution < 1.29 is 39.0 Å². The number of allylic oxidation sites excluding steroid dienone is 1. The second-order valence-corrected chi connectivity index (χ2v) is 6.95. The van der Waals surface area contributed by atoms with Crippen molar-refractivity contribution in [3.8, 4) is 23.0 Å². The van der Waals surface area contributed by atoms with Crippen molar-refractivity contribution in [1.82, 2.24) is 0 Å². The first kappa shape index (κ1) is 22.0. The predicted octanol–water partition coefficient (Wildman–Crippen LogP) is 2.94. The minimum Gasteiger partial charge on any atom is -0.595 e. The van der Waals surface area contributed by atoms with Gasteiger partial charge in [-0.3, -0.25) is 4.79 Å². The Hall–Kier alpha value is -4.18. The largest absolute Gasteiger partial charge is 0.595 e. The molecule has 0 saturated carbocycles. The van der Waals surface area contributed by atoms with Gasteiger partial charge in [0.1, 0.15) is 11.5 Å². The molecule has 0 radical (unpaired) electrons. The van der Waals surface area contributed by atoms with E-state index in [0.29, 0.717) is 22.6 Å². The summed E-state index contributed by atoms with van der Waals surface area (Å²) in [7, 11) is 3.02. The molecule has 2 N–H and O–H groups in total. The van der Waals surface area contributed by atoms with Crippen LogP contribution in [0.1, 0.15) is 26.3 Å². The van der Waals surface area contributed by atoms with Gasteiger partial charge in [0.15, 0.2) is 22.9 Å². The zero-order valence-electron chi connectivity index (χ0n) is 17.7. The molecule has 33 heavy (non-hydrogen) atoms. The van der Waals surface area contributed by atoms with Gasteiger partial charge in [-0.15, -0.1) is 0 Å². The van der Waals surface area contributed by atoms with E-state index in [9.17, 15) is 14.8 Å². The van der Waals surface area contributed by atoms with Gasteiger partial charge >= 0.3 is 5.97 Å². The number of methoxy groups -OCH3 is 2. The lowest BCUT2D eigenvalue weighted by Gasteiger charge is -2.11. The number of ketones is 1. The molecule has 1 atom stereocenters. The maximum absolute atomic E-state index is 12.8. The molecule has 0 bridgehead atoms. The minimum absolute atomic E-state index is 0.0583. The summed E-state index contributed by atoms with van der Waals surface area (Å²) in [5.41, 5.74) is 1.17. The van der Waals surface area contributed by atoms with Crippen molar-refractivity contribution in [2.45, 2.75) is 0 Å². The summed E-state index contributed by atoms with van der Waals surface area (Å²) in [6, 6.07) is 15.1. The van der Waals surface area contributed by atoms with Gasteiger partial charge in [-0.2, -0.15) is 5.23 Å². The number of benzene rings is 3. The normalized spacial score (nSPS) is 14.4. The number of ether oxygens (including phenoxy) is 4. The quantitative estimate of drug-likeness (QED) is 0.255. The molecule has 168 valence electrons. The van der Waals surface area contributed by atoms with Gasteiger partial charge in [0.2, 0.25) is 5.78 Å². The Morgan fingerprint density at radius 2 is 1.82 bits per heavy atom. The van der Waals surface area contributed by atoms with Crippen LogP contribution in [0.25, 0.3) is 6.08 Å². The lowest BCUT2D eigenvalue weighted by molar-refractivity contribution is -0.991. The van der Waals surface area contributed by atoms with E-state index in [-0.39, 0.29) is 34.3 Å². The van der Waals surface area contributed by atoms with Gasteiger partial charge in [0, 0.05) is 23.8 Å². The van der Waals surface area contributed by atoms with Gasteiger partial charge in [-0.25, -0.2) is 10.0 Å². The van der Waals surface area contributed by atoms with Crippen LogP contribution in [0.4, 0.5) is 5.69 Å². The van der Waals surface area contributed by atoms with E-state index < -0.39 is 11.2 Å². The monoisotopic (exact) mass is 449 g/mol. The third-order valence-corrected chi connectivity index (χ3v) is 4.94. The fourth-order valence-corrected chi connectivity index (χ4v) is 3.31. The van der Waals surface area contributed by atoms with Gasteiger partial charge in [-0.1, -0.05) is 12.1 Å². The SMILES string of the molecule is COc1cccc(C=C2Oc3cc(OC(=O)c4ccc([NH+]([O-])O)cc4)ccc3C2=O)c1OC. The fraction of sp³-hybridized carbons (Fsp3) is 0.0833. The second-order valence-electron chi connectivity index (χ2n) is 6.95. The van der Waals surface area contributed by atoms with E-state index >= 15 is 0 Å². The summed E-state index contributed by atoms with van der Waals surface area (Å²) in [5, 5.41) is 18.8. The van der Waals surface area contributed by atoms with Crippen LogP contribution in [-0.4, -0.2) is 31.2 Å². The fourth-order valence-electron chi connectivity index (χ4n) is 3.31. The van der Waals surface area contributed by atoms with Crippen LogP contribution in [0.2, 0.25) is 0 Å². The molecule has 3 aromatic carbocycles. The van der Waals surface area contributed by atoms with E-state index in [1.807, 2.05) is 0 Å². The van der Waals surface area contributed by atoms with E-state index in [2.05, 4.69) is 0 Å². The van der Waals surface area contributed by atoms with Crippen molar-refractivity contribution in [3.63, 3.8) is 0 Å². The van der Waals surface area contributed by atoms with E-state index in [1.165, 1.54) is 56.7 Å². The predicted molar refractivity (Wildman–Crippen MR) is 116 cm³/mol. The summed E-state index contributed by atoms with van der Waals surface area (Å²) in [4.78, 5) is 25.2. The number of quaternary nitrogens is 1. The molecule has 9 nitrogen and oxygen atoms in total. The highest BCUT2D eigenvalue weighted by atomic mass is 16.8. The zero-order chi connectivity index (χ0) is 23.5. The molecule has 0 aromatic heterocycles. The van der Waals surface area contributed by atoms with E-state index in [0.717, 1.165) is 0 Å². The molecule has 4 rings (SSSR count). The highest BCUT2D eigenvalue weighted by Gasteiger charge is 2.28. The van der Waals surface area contributed by atoms with Crippen molar-refractivity contribution in [3.05, 3.63) is 88.3 Å². The number of Topliss-reactive ketones (excluding diaryl/α,β-unsaturated/α-hetero) is 1. The van der Waals surface area contributed by atoms with Crippen LogP contribution < -0.4 is 24.2 Å². The molecule has 1 unspecified atom stereocenters. The van der Waals surface area contributed by atoms with E-state index in [1.54, 1.807) is 24.3 Å². The molecular formula is C24H19NO8. The molecule has 3 aromatic rings. The average molecular weight is 449 g/mol. The maximum atomic E-state index is 12.8. The second kappa shape index (κ2) is 9.13. The number of rotatable bonds is 6. The molecule has 9 heteroatoms. The average Bonchev–Trinajstić information content (AvgIpc) is 3.13. The first-order valence-corrected chi connectivity index (χ1v) is 9.76. The number of carbonyl (C=O) groups excluding carboxylic acids is 2.